The summed E-state index contributed by atoms with van der Waals surface area (Å²) in [5, 5.41) is 0. The minimum Gasteiger partial charge on any atom is -0.490 e. The Labute approximate surface area is 91.3 Å². The number of Topliss-reactive ketones (excluding diaryl/α,β-unsaturated/α-hetero) is 1. The van der Waals surface area contributed by atoms with E-state index in [4.69, 9.17) is 4.74 Å². The lowest BCUT2D eigenvalue weighted by atomic mass is 10.1. The van der Waals surface area contributed by atoms with Crippen LogP contribution < -0.4 is 4.74 Å². The summed E-state index contributed by atoms with van der Waals surface area (Å²) in [5.74, 6) is 0.750. The second-order valence-corrected chi connectivity index (χ2v) is 3.77. The first kappa shape index (κ1) is 11.8. The highest BCUT2D eigenvalue weighted by Crippen LogP contribution is 2.20. The van der Waals surface area contributed by atoms with Crippen molar-refractivity contribution in [3.8, 4) is 5.75 Å². The van der Waals surface area contributed by atoms with Crippen LogP contribution in [0.4, 0.5) is 0 Å². The number of carbonyl (C=O) groups excluding carboxylic acids is 1. The third kappa shape index (κ3) is 3.39. The van der Waals surface area contributed by atoms with Crippen molar-refractivity contribution < 1.29 is 9.53 Å². The molecule has 0 fully saturated rings. The van der Waals surface area contributed by atoms with Gasteiger partial charge in [-0.05, 0) is 32.4 Å². The van der Waals surface area contributed by atoms with E-state index in [0.29, 0.717) is 11.3 Å². The van der Waals surface area contributed by atoms with Crippen LogP contribution >= 0.6 is 0 Å². The fourth-order valence-corrected chi connectivity index (χ4v) is 1.54. The first-order valence-corrected chi connectivity index (χ1v) is 5.41. The minimum atomic E-state index is 0.0503. The number of ketones is 1. The Bertz CT molecular complexity index is 331. The Morgan fingerprint density at radius 2 is 2.07 bits per heavy atom. The van der Waals surface area contributed by atoms with Crippen molar-refractivity contribution in [3.63, 3.8) is 0 Å². The lowest BCUT2D eigenvalue weighted by molar-refractivity contribution is 0.101. The topological polar surface area (TPSA) is 26.3 Å². The molecule has 0 aliphatic carbocycles. The van der Waals surface area contributed by atoms with Crippen LogP contribution in [0.25, 0.3) is 0 Å². The molecule has 82 valence electrons. The lowest BCUT2D eigenvalue weighted by Crippen LogP contribution is -2.13. The predicted molar refractivity (Wildman–Crippen MR) is 61.4 cm³/mol. The Balaban J connectivity index is 2.79. The van der Waals surface area contributed by atoms with Crippen molar-refractivity contribution in [2.45, 2.75) is 39.7 Å². The van der Waals surface area contributed by atoms with Crippen LogP contribution in [0.5, 0.6) is 5.75 Å². The van der Waals surface area contributed by atoms with Gasteiger partial charge in [-0.15, -0.1) is 0 Å². The summed E-state index contributed by atoms with van der Waals surface area (Å²) >= 11 is 0. The number of para-hydroxylation sites is 1. The number of ether oxygens (including phenoxy) is 1. The molecular formula is C13H18O2. The van der Waals surface area contributed by atoms with Crippen LogP contribution in [-0.4, -0.2) is 11.9 Å². The first-order valence-electron chi connectivity index (χ1n) is 5.41. The van der Waals surface area contributed by atoms with E-state index in [1.807, 2.05) is 25.1 Å². The summed E-state index contributed by atoms with van der Waals surface area (Å²) in [5.41, 5.74) is 0.667. The molecule has 1 rings (SSSR count). The zero-order valence-corrected chi connectivity index (χ0v) is 9.62. The Morgan fingerprint density at radius 1 is 1.40 bits per heavy atom. The average molecular weight is 206 g/mol. The van der Waals surface area contributed by atoms with Crippen LogP contribution in [0.2, 0.25) is 0 Å². The van der Waals surface area contributed by atoms with Crippen molar-refractivity contribution >= 4 is 5.78 Å². The average Bonchev–Trinajstić information content (AvgIpc) is 2.18. The van der Waals surface area contributed by atoms with Crippen LogP contribution in [0.15, 0.2) is 24.3 Å². The van der Waals surface area contributed by atoms with Crippen molar-refractivity contribution in [1.82, 2.24) is 0 Å². The van der Waals surface area contributed by atoms with Crippen LogP contribution in [0.3, 0.4) is 0 Å². The Hall–Kier alpha value is -1.31. The highest BCUT2D eigenvalue weighted by atomic mass is 16.5. The summed E-state index contributed by atoms with van der Waals surface area (Å²) < 4.78 is 5.73. The van der Waals surface area contributed by atoms with E-state index in [9.17, 15) is 4.79 Å². The van der Waals surface area contributed by atoms with Crippen LogP contribution in [0, 0.1) is 0 Å². The molecule has 0 amide bonds. The molecule has 0 bridgehead atoms. The molecule has 0 saturated heterocycles. The van der Waals surface area contributed by atoms with E-state index in [-0.39, 0.29) is 11.9 Å². The second kappa shape index (κ2) is 5.54. The van der Waals surface area contributed by atoms with E-state index in [0.717, 1.165) is 12.8 Å². The maximum atomic E-state index is 11.3. The number of carbonyl (C=O) groups is 1. The molecule has 1 unspecified atom stereocenters. The molecule has 0 radical (unpaired) electrons. The van der Waals surface area contributed by atoms with Gasteiger partial charge in [0.05, 0.1) is 11.7 Å². The fraction of sp³-hybridized carbons (Fsp3) is 0.462. The SMILES string of the molecule is CCCC(C)Oc1ccccc1C(C)=O. The summed E-state index contributed by atoms with van der Waals surface area (Å²) in [7, 11) is 0. The molecule has 0 saturated carbocycles. The molecular weight excluding hydrogens is 188 g/mol. The molecule has 0 aliphatic rings. The van der Waals surface area contributed by atoms with Gasteiger partial charge < -0.3 is 4.74 Å². The molecule has 0 heterocycles. The molecule has 1 atom stereocenters. The van der Waals surface area contributed by atoms with Gasteiger partial charge in [0.15, 0.2) is 5.78 Å². The predicted octanol–water partition coefficient (Wildman–Crippen LogP) is 3.46. The van der Waals surface area contributed by atoms with E-state index in [1.165, 1.54) is 0 Å². The normalized spacial score (nSPS) is 12.2. The van der Waals surface area contributed by atoms with E-state index in [1.54, 1.807) is 13.0 Å². The van der Waals surface area contributed by atoms with Gasteiger partial charge in [-0.1, -0.05) is 25.5 Å². The quantitative estimate of drug-likeness (QED) is 0.690. The Kier molecular flexibility index (Phi) is 4.35. The Morgan fingerprint density at radius 3 is 2.67 bits per heavy atom. The molecule has 1 aromatic rings. The van der Waals surface area contributed by atoms with Crippen molar-refractivity contribution in [2.24, 2.45) is 0 Å². The standard InChI is InChI=1S/C13H18O2/c1-4-7-10(2)15-13-9-6-5-8-12(13)11(3)14/h5-6,8-10H,4,7H2,1-3H3. The summed E-state index contributed by atoms with van der Waals surface area (Å²) in [6.07, 6.45) is 2.26. The zero-order chi connectivity index (χ0) is 11.3. The maximum Gasteiger partial charge on any atom is 0.163 e. The lowest BCUT2D eigenvalue weighted by Gasteiger charge is -2.15. The summed E-state index contributed by atoms with van der Waals surface area (Å²) in [6.45, 7) is 5.71. The molecule has 0 N–H and O–H groups in total. The largest absolute Gasteiger partial charge is 0.490 e. The van der Waals surface area contributed by atoms with Gasteiger partial charge in [-0.3, -0.25) is 4.79 Å². The fourth-order valence-electron chi connectivity index (χ4n) is 1.54. The second-order valence-electron chi connectivity index (χ2n) is 3.77. The number of hydrogen-bond acceptors (Lipinski definition) is 2. The van der Waals surface area contributed by atoms with Crippen LogP contribution in [-0.2, 0) is 0 Å². The number of hydrogen-bond donors (Lipinski definition) is 0. The first-order chi connectivity index (χ1) is 7.15. The van der Waals surface area contributed by atoms with Crippen LogP contribution in [0.1, 0.15) is 44.0 Å². The van der Waals surface area contributed by atoms with Gasteiger partial charge in [0.25, 0.3) is 0 Å². The van der Waals surface area contributed by atoms with Gasteiger partial charge in [-0.2, -0.15) is 0 Å². The smallest absolute Gasteiger partial charge is 0.163 e. The highest BCUT2D eigenvalue weighted by Gasteiger charge is 2.09. The number of benzene rings is 1. The molecule has 0 aliphatic heterocycles. The molecule has 0 spiro atoms. The van der Waals surface area contributed by atoms with Crippen molar-refractivity contribution in [3.05, 3.63) is 29.8 Å². The minimum absolute atomic E-state index is 0.0503. The van der Waals surface area contributed by atoms with Gasteiger partial charge in [0.2, 0.25) is 0 Å². The highest BCUT2D eigenvalue weighted by molar-refractivity contribution is 5.96. The number of rotatable bonds is 5. The van der Waals surface area contributed by atoms with Gasteiger partial charge in [-0.25, -0.2) is 0 Å². The van der Waals surface area contributed by atoms with E-state index >= 15 is 0 Å². The van der Waals surface area contributed by atoms with Gasteiger partial charge in [0, 0.05) is 0 Å². The van der Waals surface area contributed by atoms with Crippen molar-refractivity contribution in [1.29, 1.82) is 0 Å². The summed E-state index contributed by atoms with van der Waals surface area (Å²) in [4.78, 5) is 11.3. The third-order valence-electron chi connectivity index (χ3n) is 2.29. The molecule has 2 heteroatoms. The molecule has 1 aromatic carbocycles. The van der Waals surface area contributed by atoms with E-state index in [2.05, 4.69) is 6.92 Å². The molecule has 2 nitrogen and oxygen atoms in total. The molecule has 15 heavy (non-hydrogen) atoms. The molecule has 0 aromatic heterocycles. The third-order valence-corrected chi connectivity index (χ3v) is 2.29. The van der Waals surface area contributed by atoms with Gasteiger partial charge >= 0.3 is 0 Å². The monoisotopic (exact) mass is 206 g/mol. The van der Waals surface area contributed by atoms with Crippen molar-refractivity contribution in [2.75, 3.05) is 0 Å². The summed E-state index contributed by atoms with van der Waals surface area (Å²) in [6, 6.07) is 7.40. The van der Waals surface area contributed by atoms with Gasteiger partial charge in [0.1, 0.15) is 5.75 Å². The zero-order valence-electron chi connectivity index (χ0n) is 9.62. The van der Waals surface area contributed by atoms with E-state index < -0.39 is 0 Å². The maximum absolute atomic E-state index is 11.3.